The van der Waals surface area contributed by atoms with E-state index < -0.39 is 0 Å². The highest BCUT2D eigenvalue weighted by Crippen LogP contribution is 2.26. The molecule has 0 fully saturated rings. The molecule has 20 heavy (non-hydrogen) atoms. The van der Waals surface area contributed by atoms with Crippen LogP contribution >= 0.6 is 23.2 Å². The van der Waals surface area contributed by atoms with Gasteiger partial charge in [-0.3, -0.25) is 10.2 Å². The fraction of sp³-hybridized carbons (Fsp3) is 0.0714. The van der Waals surface area contributed by atoms with E-state index in [0.717, 1.165) is 5.56 Å². The maximum Gasteiger partial charge on any atom is 0.265 e. The summed E-state index contributed by atoms with van der Waals surface area (Å²) in [6.07, 6.45) is 0. The van der Waals surface area contributed by atoms with Gasteiger partial charge in [-0.05, 0) is 29.8 Å². The standard InChI is InChI=1S/C14H12Cl2N2O2/c15-12-6-5-11(7-13(12)16)20-8-9-1-3-10(4-2-9)14(19)18-17/h1-7H,8,17H2,(H,18,19). The van der Waals surface area contributed by atoms with E-state index in [2.05, 4.69) is 5.43 Å². The molecule has 0 aliphatic rings. The quantitative estimate of drug-likeness (QED) is 0.518. The molecule has 2 aromatic rings. The van der Waals surface area contributed by atoms with Crippen LogP contribution in [0.3, 0.4) is 0 Å². The first kappa shape index (κ1) is 14.7. The highest BCUT2D eigenvalue weighted by atomic mass is 35.5. The van der Waals surface area contributed by atoms with Gasteiger partial charge in [0.15, 0.2) is 0 Å². The fourth-order valence-electron chi connectivity index (χ4n) is 1.57. The molecule has 0 aliphatic heterocycles. The molecule has 4 nitrogen and oxygen atoms in total. The van der Waals surface area contributed by atoms with Gasteiger partial charge >= 0.3 is 0 Å². The normalized spacial score (nSPS) is 10.2. The summed E-state index contributed by atoms with van der Waals surface area (Å²) in [5.41, 5.74) is 3.49. The average molecular weight is 311 g/mol. The monoisotopic (exact) mass is 310 g/mol. The van der Waals surface area contributed by atoms with Crippen molar-refractivity contribution in [2.75, 3.05) is 0 Å². The van der Waals surface area contributed by atoms with E-state index in [0.29, 0.717) is 28.0 Å². The third kappa shape index (κ3) is 3.63. The predicted molar refractivity (Wildman–Crippen MR) is 78.9 cm³/mol. The Morgan fingerprint density at radius 1 is 1.10 bits per heavy atom. The van der Waals surface area contributed by atoms with E-state index in [1.54, 1.807) is 42.5 Å². The van der Waals surface area contributed by atoms with Crippen molar-refractivity contribution < 1.29 is 9.53 Å². The minimum Gasteiger partial charge on any atom is -0.489 e. The number of amides is 1. The summed E-state index contributed by atoms with van der Waals surface area (Å²) in [6, 6.07) is 12.0. The number of benzene rings is 2. The number of hydrogen-bond donors (Lipinski definition) is 2. The Balaban J connectivity index is 2.00. The van der Waals surface area contributed by atoms with Crippen LogP contribution in [-0.4, -0.2) is 5.91 Å². The highest BCUT2D eigenvalue weighted by Gasteiger charge is 2.04. The van der Waals surface area contributed by atoms with Gasteiger partial charge in [-0.2, -0.15) is 0 Å². The van der Waals surface area contributed by atoms with Crippen LogP contribution in [0.15, 0.2) is 42.5 Å². The lowest BCUT2D eigenvalue weighted by molar-refractivity contribution is 0.0953. The number of nitrogen functional groups attached to an aromatic ring is 1. The van der Waals surface area contributed by atoms with Gasteiger partial charge in [-0.1, -0.05) is 35.3 Å². The van der Waals surface area contributed by atoms with E-state index in [4.69, 9.17) is 33.8 Å². The van der Waals surface area contributed by atoms with E-state index >= 15 is 0 Å². The number of carbonyl (C=O) groups is 1. The lowest BCUT2D eigenvalue weighted by atomic mass is 10.1. The number of rotatable bonds is 4. The smallest absolute Gasteiger partial charge is 0.265 e. The summed E-state index contributed by atoms with van der Waals surface area (Å²) in [7, 11) is 0. The fourth-order valence-corrected chi connectivity index (χ4v) is 1.86. The zero-order chi connectivity index (χ0) is 14.5. The molecular formula is C14H12Cl2N2O2. The summed E-state index contributed by atoms with van der Waals surface area (Å²) in [5.74, 6) is 5.35. The molecule has 6 heteroatoms. The van der Waals surface area contributed by atoms with Crippen LogP contribution in [-0.2, 0) is 6.61 Å². The van der Waals surface area contributed by atoms with Crippen LogP contribution in [0.25, 0.3) is 0 Å². The molecule has 0 radical (unpaired) electrons. The third-order valence-electron chi connectivity index (χ3n) is 2.64. The van der Waals surface area contributed by atoms with Crippen molar-refractivity contribution in [1.82, 2.24) is 5.43 Å². The maximum atomic E-state index is 11.3. The van der Waals surface area contributed by atoms with Crippen molar-refractivity contribution in [3.63, 3.8) is 0 Å². The van der Waals surface area contributed by atoms with Crippen LogP contribution in [0.2, 0.25) is 10.0 Å². The number of hydrazine groups is 1. The van der Waals surface area contributed by atoms with E-state index in [1.165, 1.54) is 0 Å². The van der Waals surface area contributed by atoms with E-state index in [-0.39, 0.29) is 5.91 Å². The first-order valence-corrected chi connectivity index (χ1v) is 6.53. The Labute approximate surface area is 126 Å². The van der Waals surface area contributed by atoms with Crippen molar-refractivity contribution in [3.05, 3.63) is 63.6 Å². The van der Waals surface area contributed by atoms with Gasteiger partial charge in [-0.15, -0.1) is 0 Å². The maximum absolute atomic E-state index is 11.3. The van der Waals surface area contributed by atoms with Crippen molar-refractivity contribution in [3.8, 4) is 5.75 Å². The molecule has 0 aliphatic carbocycles. The second-order valence-corrected chi connectivity index (χ2v) is 4.85. The Hall–Kier alpha value is -1.75. The molecule has 0 saturated heterocycles. The molecule has 0 unspecified atom stereocenters. The number of carbonyl (C=O) groups excluding carboxylic acids is 1. The summed E-state index contributed by atoms with van der Waals surface area (Å²) >= 11 is 11.7. The number of hydrogen-bond acceptors (Lipinski definition) is 3. The summed E-state index contributed by atoms with van der Waals surface area (Å²) in [5, 5.41) is 0.926. The van der Waals surface area contributed by atoms with E-state index in [9.17, 15) is 4.79 Å². The van der Waals surface area contributed by atoms with Crippen molar-refractivity contribution in [2.45, 2.75) is 6.61 Å². The topological polar surface area (TPSA) is 64.3 Å². The Bertz CT molecular complexity index is 615. The van der Waals surface area contributed by atoms with Gasteiger partial charge in [0.2, 0.25) is 0 Å². The number of nitrogens with two attached hydrogens (primary N) is 1. The molecule has 2 rings (SSSR count). The zero-order valence-electron chi connectivity index (χ0n) is 10.4. The molecule has 0 aromatic heterocycles. The van der Waals surface area contributed by atoms with Crippen molar-refractivity contribution in [1.29, 1.82) is 0 Å². The molecule has 0 heterocycles. The van der Waals surface area contributed by atoms with Crippen LogP contribution < -0.4 is 16.0 Å². The minimum atomic E-state index is -0.332. The van der Waals surface area contributed by atoms with Gasteiger partial charge in [0, 0.05) is 11.6 Å². The minimum absolute atomic E-state index is 0.332. The Morgan fingerprint density at radius 2 is 1.80 bits per heavy atom. The molecule has 1 amide bonds. The zero-order valence-corrected chi connectivity index (χ0v) is 11.9. The molecule has 104 valence electrons. The van der Waals surface area contributed by atoms with Gasteiger partial charge in [0.05, 0.1) is 10.0 Å². The van der Waals surface area contributed by atoms with Gasteiger partial charge in [0.25, 0.3) is 5.91 Å². The molecule has 0 bridgehead atoms. The Kier molecular flexibility index (Phi) is 4.84. The molecule has 0 saturated carbocycles. The largest absolute Gasteiger partial charge is 0.489 e. The Morgan fingerprint density at radius 3 is 2.40 bits per heavy atom. The van der Waals surface area contributed by atoms with E-state index in [1.807, 2.05) is 0 Å². The van der Waals surface area contributed by atoms with Gasteiger partial charge in [-0.25, -0.2) is 5.84 Å². The van der Waals surface area contributed by atoms with Crippen molar-refractivity contribution in [2.24, 2.45) is 5.84 Å². The lowest BCUT2D eigenvalue weighted by Crippen LogP contribution is -2.29. The molecule has 2 aromatic carbocycles. The number of ether oxygens (including phenoxy) is 1. The SMILES string of the molecule is NNC(=O)c1ccc(COc2ccc(Cl)c(Cl)c2)cc1. The van der Waals surface area contributed by atoms with Crippen LogP contribution in [0.1, 0.15) is 15.9 Å². The number of nitrogens with one attached hydrogen (secondary N) is 1. The molecule has 0 atom stereocenters. The first-order valence-electron chi connectivity index (χ1n) is 5.78. The summed E-state index contributed by atoms with van der Waals surface area (Å²) < 4.78 is 5.59. The van der Waals surface area contributed by atoms with Crippen LogP contribution in [0.5, 0.6) is 5.75 Å². The van der Waals surface area contributed by atoms with Crippen molar-refractivity contribution >= 4 is 29.1 Å². The summed E-state index contributed by atoms with van der Waals surface area (Å²) in [4.78, 5) is 11.3. The first-order chi connectivity index (χ1) is 9.60. The van der Waals surface area contributed by atoms with Crippen LogP contribution in [0, 0.1) is 0 Å². The number of halogens is 2. The predicted octanol–water partition coefficient (Wildman–Crippen LogP) is 3.18. The summed E-state index contributed by atoms with van der Waals surface area (Å²) in [6.45, 7) is 0.364. The molecule has 0 spiro atoms. The van der Waals surface area contributed by atoms with Gasteiger partial charge < -0.3 is 4.74 Å². The molecular weight excluding hydrogens is 299 g/mol. The lowest BCUT2D eigenvalue weighted by Gasteiger charge is -2.08. The highest BCUT2D eigenvalue weighted by molar-refractivity contribution is 6.42. The van der Waals surface area contributed by atoms with Crippen LogP contribution in [0.4, 0.5) is 0 Å². The average Bonchev–Trinajstić information content (AvgIpc) is 2.48. The second-order valence-electron chi connectivity index (χ2n) is 4.03. The van der Waals surface area contributed by atoms with Gasteiger partial charge in [0.1, 0.15) is 12.4 Å². The molecule has 3 N–H and O–H groups in total. The second kappa shape index (κ2) is 6.61. The third-order valence-corrected chi connectivity index (χ3v) is 3.38.